The van der Waals surface area contributed by atoms with Gasteiger partial charge >= 0.3 is 6.41 Å². The van der Waals surface area contributed by atoms with Crippen LogP contribution in [0.15, 0.2) is 0 Å². The van der Waals surface area contributed by atoms with E-state index >= 15 is 0 Å². The van der Waals surface area contributed by atoms with Crippen LogP contribution in [0.25, 0.3) is 0 Å². The van der Waals surface area contributed by atoms with Crippen LogP contribution in [-0.4, -0.2) is 57.2 Å². The first kappa shape index (κ1) is 13.0. The highest BCUT2D eigenvalue weighted by atomic mass is 16.4. The molecule has 0 aliphatic heterocycles. The molecule has 0 aromatic heterocycles. The van der Waals surface area contributed by atoms with Gasteiger partial charge in [-0.1, -0.05) is 0 Å². The molecule has 1 radical (unpaired) electrons. The number of aliphatic hydroxyl groups excluding tert-OH is 4. The fourth-order valence-corrected chi connectivity index (χ4v) is 0.751. The van der Waals surface area contributed by atoms with Gasteiger partial charge in [0.2, 0.25) is 0 Å². The van der Waals surface area contributed by atoms with Gasteiger partial charge in [0.25, 0.3) is 5.91 Å². The molecule has 0 spiro atoms. The zero-order valence-corrected chi connectivity index (χ0v) is 7.41. The molecule has 0 fully saturated rings. The summed E-state index contributed by atoms with van der Waals surface area (Å²) in [6.45, 7) is 1.17. The number of amides is 2. The van der Waals surface area contributed by atoms with Crippen LogP contribution in [0.3, 0.4) is 0 Å². The second kappa shape index (κ2) is 5.66. The van der Waals surface area contributed by atoms with Gasteiger partial charge in [-0.05, 0) is 6.92 Å². The van der Waals surface area contributed by atoms with Gasteiger partial charge in [-0.3, -0.25) is 14.9 Å². The standard InChI is InChI=1S/C7H12NO6/c1-3(10)4(11)5(12)6(13)7(14)8-2-9/h3-6,10-13H,1H3,(H,8,9,14)/t3-,4-,5+,6-/m1/s1. The number of imide groups is 1. The van der Waals surface area contributed by atoms with Crippen LogP contribution < -0.4 is 5.32 Å². The molecule has 14 heavy (non-hydrogen) atoms. The lowest BCUT2D eigenvalue weighted by atomic mass is 10.0. The van der Waals surface area contributed by atoms with E-state index in [2.05, 4.69) is 0 Å². The van der Waals surface area contributed by atoms with Crippen LogP contribution in [-0.2, 0) is 9.59 Å². The molecule has 0 saturated heterocycles. The molecule has 0 bridgehead atoms. The Morgan fingerprint density at radius 1 is 1.21 bits per heavy atom. The highest BCUT2D eigenvalue weighted by Crippen LogP contribution is 2.04. The summed E-state index contributed by atoms with van der Waals surface area (Å²) in [5, 5.41) is 37.5. The zero-order chi connectivity index (χ0) is 11.3. The molecule has 5 N–H and O–H groups in total. The van der Waals surface area contributed by atoms with Crippen molar-refractivity contribution < 1.29 is 30.0 Å². The van der Waals surface area contributed by atoms with Crippen LogP contribution in [0.1, 0.15) is 6.92 Å². The van der Waals surface area contributed by atoms with Crippen molar-refractivity contribution in [3.05, 3.63) is 0 Å². The Kier molecular flexibility index (Phi) is 5.24. The molecule has 81 valence electrons. The molecular weight excluding hydrogens is 194 g/mol. The molecule has 0 saturated carbocycles. The Labute approximate surface area is 80.0 Å². The predicted molar refractivity (Wildman–Crippen MR) is 43.5 cm³/mol. The molecule has 4 atom stereocenters. The summed E-state index contributed by atoms with van der Waals surface area (Å²) in [7, 11) is 0. The van der Waals surface area contributed by atoms with E-state index in [1.54, 1.807) is 0 Å². The number of hydrogen-bond acceptors (Lipinski definition) is 6. The van der Waals surface area contributed by atoms with Crippen LogP contribution in [0.5, 0.6) is 0 Å². The first-order valence-electron chi connectivity index (χ1n) is 3.81. The van der Waals surface area contributed by atoms with E-state index in [1.165, 1.54) is 12.2 Å². The fourth-order valence-electron chi connectivity index (χ4n) is 0.751. The van der Waals surface area contributed by atoms with Crippen LogP contribution in [0.4, 0.5) is 0 Å². The Hall–Kier alpha value is -1.02. The van der Waals surface area contributed by atoms with E-state index < -0.39 is 30.3 Å². The molecule has 0 aliphatic carbocycles. The van der Waals surface area contributed by atoms with E-state index in [1.807, 2.05) is 0 Å². The van der Waals surface area contributed by atoms with Gasteiger partial charge in [-0.25, -0.2) is 0 Å². The van der Waals surface area contributed by atoms with Gasteiger partial charge in [0.1, 0.15) is 12.2 Å². The maximum atomic E-state index is 10.7. The molecule has 0 heterocycles. The highest BCUT2D eigenvalue weighted by Gasteiger charge is 2.32. The lowest BCUT2D eigenvalue weighted by Gasteiger charge is -2.23. The van der Waals surface area contributed by atoms with Gasteiger partial charge < -0.3 is 20.4 Å². The monoisotopic (exact) mass is 206 g/mol. The quantitative estimate of drug-likeness (QED) is 0.299. The van der Waals surface area contributed by atoms with E-state index in [-0.39, 0.29) is 0 Å². The number of rotatable bonds is 5. The van der Waals surface area contributed by atoms with E-state index in [0.29, 0.717) is 0 Å². The molecule has 0 aromatic rings. The maximum Gasteiger partial charge on any atom is 0.316 e. The minimum Gasteiger partial charge on any atom is -0.391 e. The lowest BCUT2D eigenvalue weighted by Crippen LogP contribution is -2.50. The van der Waals surface area contributed by atoms with Crippen LogP contribution >= 0.6 is 0 Å². The largest absolute Gasteiger partial charge is 0.391 e. The summed E-state index contributed by atoms with van der Waals surface area (Å²) in [4.78, 5) is 20.4. The maximum absolute atomic E-state index is 10.7. The first-order valence-corrected chi connectivity index (χ1v) is 3.81. The third-order valence-electron chi connectivity index (χ3n) is 1.61. The van der Waals surface area contributed by atoms with Crippen LogP contribution in [0, 0.1) is 0 Å². The Morgan fingerprint density at radius 2 is 1.71 bits per heavy atom. The fraction of sp³-hybridized carbons (Fsp3) is 0.714. The molecule has 0 aromatic carbocycles. The topological polar surface area (TPSA) is 127 Å². The molecule has 7 nitrogen and oxygen atoms in total. The minimum atomic E-state index is -2.00. The third-order valence-corrected chi connectivity index (χ3v) is 1.61. The molecule has 0 aliphatic rings. The number of aliphatic hydroxyl groups is 4. The number of hydrogen-bond donors (Lipinski definition) is 5. The van der Waals surface area contributed by atoms with Crippen molar-refractivity contribution in [1.82, 2.24) is 5.32 Å². The highest BCUT2D eigenvalue weighted by molar-refractivity contribution is 5.89. The van der Waals surface area contributed by atoms with E-state index in [0.717, 1.165) is 6.41 Å². The van der Waals surface area contributed by atoms with Gasteiger partial charge in [-0.2, -0.15) is 0 Å². The summed E-state index contributed by atoms with van der Waals surface area (Å²) < 4.78 is 0. The smallest absolute Gasteiger partial charge is 0.316 e. The van der Waals surface area contributed by atoms with Gasteiger partial charge in [-0.15, -0.1) is 0 Å². The minimum absolute atomic E-state index is 1.01. The van der Waals surface area contributed by atoms with E-state index in [4.69, 9.17) is 20.4 Å². The Morgan fingerprint density at radius 3 is 2.07 bits per heavy atom. The molecule has 2 amide bonds. The predicted octanol–water partition coefficient (Wildman–Crippen LogP) is -3.37. The van der Waals surface area contributed by atoms with Gasteiger partial charge in [0.05, 0.1) is 6.10 Å². The first-order chi connectivity index (χ1) is 6.41. The summed E-state index contributed by atoms with van der Waals surface area (Å²) >= 11 is 0. The SMILES string of the molecule is C[C@@H](O)[C@@H](O)[C@H](O)[C@@H](O)C(=O)N[C]=O. The molecule has 7 heteroatoms. The van der Waals surface area contributed by atoms with Crippen LogP contribution in [0.2, 0.25) is 0 Å². The van der Waals surface area contributed by atoms with Crippen molar-refractivity contribution >= 4 is 12.3 Å². The van der Waals surface area contributed by atoms with Gasteiger partial charge in [0.15, 0.2) is 6.10 Å². The summed E-state index contributed by atoms with van der Waals surface area (Å²) in [6.07, 6.45) is -5.85. The van der Waals surface area contributed by atoms with Crippen molar-refractivity contribution in [3.8, 4) is 0 Å². The van der Waals surface area contributed by atoms with Crippen molar-refractivity contribution in [2.45, 2.75) is 31.3 Å². The van der Waals surface area contributed by atoms with E-state index in [9.17, 15) is 9.59 Å². The second-order valence-corrected chi connectivity index (χ2v) is 2.76. The second-order valence-electron chi connectivity index (χ2n) is 2.76. The van der Waals surface area contributed by atoms with Crippen molar-refractivity contribution in [2.24, 2.45) is 0 Å². The summed E-state index contributed by atoms with van der Waals surface area (Å²) in [5.74, 6) is -1.20. The summed E-state index contributed by atoms with van der Waals surface area (Å²) in [6, 6.07) is 0. The number of nitrogens with one attached hydrogen (secondary N) is 1. The number of carbonyl (C=O) groups is 1. The zero-order valence-electron chi connectivity index (χ0n) is 7.41. The lowest BCUT2D eigenvalue weighted by molar-refractivity contribution is -0.144. The summed E-state index contributed by atoms with van der Waals surface area (Å²) in [5.41, 5.74) is 0. The molecule has 0 unspecified atom stereocenters. The molecular formula is C7H12NO6. The van der Waals surface area contributed by atoms with Crippen molar-refractivity contribution in [1.29, 1.82) is 0 Å². The van der Waals surface area contributed by atoms with Crippen molar-refractivity contribution in [2.75, 3.05) is 0 Å². The third kappa shape index (κ3) is 3.38. The van der Waals surface area contributed by atoms with Gasteiger partial charge in [0, 0.05) is 0 Å². The normalized spacial score (nSPS) is 19.2. The Bertz CT molecular complexity index is 206. The van der Waals surface area contributed by atoms with Crippen molar-refractivity contribution in [3.63, 3.8) is 0 Å². The number of carbonyl (C=O) groups excluding carboxylic acids is 2. The average Bonchev–Trinajstić information content (AvgIpc) is 2.14. The average molecular weight is 206 g/mol. The molecule has 0 rings (SSSR count). The Balaban J connectivity index is 4.29.